The number of piperidine rings is 1. The number of nitrogens with one attached hydrogen (secondary N) is 1. The first-order chi connectivity index (χ1) is 17.0. The van der Waals surface area contributed by atoms with Gasteiger partial charge in [-0.2, -0.15) is 0 Å². The first kappa shape index (κ1) is 22.7. The number of rotatable bonds is 5. The van der Waals surface area contributed by atoms with Crippen LogP contribution in [-0.4, -0.2) is 32.5 Å². The van der Waals surface area contributed by atoms with Crippen LogP contribution in [0.5, 0.6) is 0 Å². The van der Waals surface area contributed by atoms with Crippen molar-refractivity contribution in [1.82, 2.24) is 19.4 Å². The molecule has 0 saturated carbocycles. The largest absolute Gasteiger partial charge is 0.354 e. The van der Waals surface area contributed by atoms with Gasteiger partial charge in [-0.25, -0.2) is 4.98 Å². The average molecular weight is 487 g/mol. The van der Waals surface area contributed by atoms with Crippen molar-refractivity contribution in [3.05, 3.63) is 73.6 Å². The molecule has 0 unspecified atom stereocenters. The highest BCUT2D eigenvalue weighted by Crippen LogP contribution is 2.40. The van der Waals surface area contributed by atoms with Gasteiger partial charge in [-0.3, -0.25) is 9.69 Å². The average Bonchev–Trinajstić information content (AvgIpc) is 3.61. The molecule has 0 amide bonds. The lowest BCUT2D eigenvalue weighted by atomic mass is 9.87. The van der Waals surface area contributed by atoms with Crippen LogP contribution < -0.4 is 5.56 Å². The number of aryl methyl sites for hydroxylation is 1. The van der Waals surface area contributed by atoms with Gasteiger partial charge in [0.1, 0.15) is 5.01 Å². The maximum absolute atomic E-state index is 12.7. The molecule has 2 aliphatic rings. The molecule has 6 rings (SSSR count). The van der Waals surface area contributed by atoms with E-state index in [-0.39, 0.29) is 5.56 Å². The van der Waals surface area contributed by atoms with Crippen molar-refractivity contribution >= 4 is 22.2 Å². The number of benzene rings is 1. The zero-order chi connectivity index (χ0) is 24.1. The number of nitrogens with zero attached hydrogens (tertiary/aromatic N) is 3. The molecule has 1 fully saturated rings. The highest BCUT2D eigenvalue weighted by Gasteiger charge is 2.26. The minimum Gasteiger partial charge on any atom is -0.354 e. The van der Waals surface area contributed by atoms with Crippen molar-refractivity contribution in [2.75, 3.05) is 13.1 Å². The van der Waals surface area contributed by atoms with Crippen LogP contribution in [0, 0.1) is 0 Å². The van der Waals surface area contributed by atoms with Gasteiger partial charge in [-0.05, 0) is 85.9 Å². The number of pyridine rings is 1. The van der Waals surface area contributed by atoms with Crippen LogP contribution in [0.25, 0.3) is 22.2 Å². The van der Waals surface area contributed by atoms with E-state index in [0.717, 1.165) is 44.5 Å². The molecule has 5 nitrogen and oxygen atoms in total. The zero-order valence-electron chi connectivity index (χ0n) is 20.9. The van der Waals surface area contributed by atoms with E-state index in [1.54, 1.807) is 15.9 Å². The molecule has 0 atom stereocenters. The maximum Gasteiger partial charge on any atom is 0.253 e. The number of fused-ring (bicyclic) bond motifs is 2. The number of hydrogen-bond acceptors (Lipinski definition) is 4. The summed E-state index contributed by atoms with van der Waals surface area (Å²) in [6, 6.07) is 7.07. The normalized spacial score (nSPS) is 17.0. The summed E-state index contributed by atoms with van der Waals surface area (Å²) >= 11 is 1.75. The van der Waals surface area contributed by atoms with Crippen molar-refractivity contribution in [1.29, 1.82) is 0 Å². The summed E-state index contributed by atoms with van der Waals surface area (Å²) in [5, 5.41) is 4.63. The summed E-state index contributed by atoms with van der Waals surface area (Å²) in [7, 11) is 1.89. The third kappa shape index (κ3) is 4.07. The van der Waals surface area contributed by atoms with E-state index in [9.17, 15) is 4.79 Å². The second-order valence-corrected chi connectivity index (χ2v) is 11.6. The molecular formula is C29H34N4OS. The SMILES string of the molecule is CC(C)c1c(-c2cn(C)c(=O)c3c2CCC3)[nH]c2ccc(C3CCN(Cc4nccs4)CC3)cc12. The van der Waals surface area contributed by atoms with Gasteiger partial charge >= 0.3 is 0 Å². The Bertz CT molecular complexity index is 1420. The van der Waals surface area contributed by atoms with Crippen LogP contribution in [0.2, 0.25) is 0 Å². The minimum atomic E-state index is 0.173. The van der Waals surface area contributed by atoms with Gasteiger partial charge in [0, 0.05) is 46.9 Å². The summed E-state index contributed by atoms with van der Waals surface area (Å²) in [6.45, 7) is 7.81. The van der Waals surface area contributed by atoms with Crippen LogP contribution in [0.1, 0.15) is 72.2 Å². The molecule has 0 spiro atoms. The highest BCUT2D eigenvalue weighted by molar-refractivity contribution is 7.09. The number of H-pyrrole nitrogens is 1. The maximum atomic E-state index is 12.7. The summed E-state index contributed by atoms with van der Waals surface area (Å²) < 4.78 is 1.78. The van der Waals surface area contributed by atoms with Gasteiger partial charge in [-0.15, -0.1) is 11.3 Å². The third-order valence-corrected chi connectivity index (χ3v) is 8.82. The number of aromatic amines is 1. The molecule has 0 bridgehead atoms. The molecule has 6 heteroatoms. The van der Waals surface area contributed by atoms with E-state index < -0.39 is 0 Å². The third-order valence-electron chi connectivity index (χ3n) is 8.06. The Morgan fingerprint density at radius 1 is 1.17 bits per heavy atom. The monoisotopic (exact) mass is 486 g/mol. The Kier molecular flexibility index (Phi) is 5.89. The van der Waals surface area contributed by atoms with E-state index in [2.05, 4.69) is 58.5 Å². The fourth-order valence-corrected chi connectivity index (χ4v) is 6.94. The Balaban J connectivity index is 1.34. The van der Waals surface area contributed by atoms with Gasteiger partial charge in [0.15, 0.2) is 0 Å². The molecule has 4 aromatic rings. The molecule has 1 aliphatic carbocycles. The quantitative estimate of drug-likeness (QED) is 0.377. The van der Waals surface area contributed by atoms with Gasteiger partial charge in [0.25, 0.3) is 5.56 Å². The predicted molar refractivity (Wildman–Crippen MR) is 144 cm³/mol. The smallest absolute Gasteiger partial charge is 0.253 e. The van der Waals surface area contributed by atoms with Crippen molar-refractivity contribution in [3.8, 4) is 11.3 Å². The van der Waals surface area contributed by atoms with E-state index >= 15 is 0 Å². The number of hydrogen-bond donors (Lipinski definition) is 1. The Morgan fingerprint density at radius 3 is 2.71 bits per heavy atom. The van der Waals surface area contributed by atoms with E-state index in [1.165, 1.54) is 56.7 Å². The lowest BCUT2D eigenvalue weighted by Gasteiger charge is -2.31. The Labute approximate surface area is 210 Å². The highest BCUT2D eigenvalue weighted by atomic mass is 32.1. The molecule has 3 aromatic heterocycles. The number of aromatic nitrogens is 3. The predicted octanol–water partition coefficient (Wildman–Crippen LogP) is 5.98. The molecule has 0 radical (unpaired) electrons. The van der Waals surface area contributed by atoms with E-state index in [0.29, 0.717) is 11.8 Å². The molecular weight excluding hydrogens is 452 g/mol. The second-order valence-electron chi connectivity index (χ2n) is 10.6. The van der Waals surface area contributed by atoms with Crippen molar-refractivity contribution in [2.24, 2.45) is 7.05 Å². The van der Waals surface area contributed by atoms with E-state index in [4.69, 9.17) is 0 Å². The fraction of sp³-hybridized carbons (Fsp3) is 0.448. The van der Waals surface area contributed by atoms with Crippen molar-refractivity contribution < 1.29 is 0 Å². The molecule has 1 aromatic carbocycles. The van der Waals surface area contributed by atoms with Crippen molar-refractivity contribution in [3.63, 3.8) is 0 Å². The van der Waals surface area contributed by atoms with Gasteiger partial charge in [0.05, 0.1) is 12.2 Å². The lowest BCUT2D eigenvalue weighted by Crippen LogP contribution is -2.32. The van der Waals surface area contributed by atoms with Gasteiger partial charge in [-0.1, -0.05) is 19.9 Å². The van der Waals surface area contributed by atoms with Crippen LogP contribution in [0.3, 0.4) is 0 Å². The molecule has 1 saturated heterocycles. The van der Waals surface area contributed by atoms with Crippen LogP contribution in [-0.2, 0) is 26.4 Å². The number of likely N-dealkylation sites (tertiary alicyclic amines) is 1. The lowest BCUT2D eigenvalue weighted by molar-refractivity contribution is 0.204. The number of thiazole rings is 1. The Morgan fingerprint density at radius 2 is 1.97 bits per heavy atom. The molecule has 35 heavy (non-hydrogen) atoms. The van der Waals surface area contributed by atoms with Crippen LogP contribution >= 0.6 is 11.3 Å². The zero-order valence-corrected chi connectivity index (χ0v) is 21.8. The molecule has 182 valence electrons. The topological polar surface area (TPSA) is 53.9 Å². The van der Waals surface area contributed by atoms with E-state index in [1.807, 2.05) is 13.2 Å². The van der Waals surface area contributed by atoms with Gasteiger partial charge < -0.3 is 9.55 Å². The summed E-state index contributed by atoms with van der Waals surface area (Å²) in [4.78, 5) is 23.5. The van der Waals surface area contributed by atoms with Gasteiger partial charge in [0.2, 0.25) is 0 Å². The molecule has 1 aliphatic heterocycles. The summed E-state index contributed by atoms with van der Waals surface area (Å²) in [6.07, 6.45) is 9.32. The summed E-state index contributed by atoms with van der Waals surface area (Å²) in [5.74, 6) is 0.996. The first-order valence-electron chi connectivity index (χ1n) is 13.0. The molecule has 1 N–H and O–H groups in total. The standard InChI is InChI=1S/C29H34N4OS/c1-18(2)27-23-15-20(19-9-12-33(13-10-19)17-26-30-11-14-35-26)7-8-25(23)31-28(27)24-16-32(3)29(34)22-6-4-5-21(22)24/h7-8,11,14-16,18-19,31H,4-6,9-10,12-13,17H2,1-3H3. The Hall–Kier alpha value is -2.70. The second kappa shape index (κ2) is 9.07. The minimum absolute atomic E-state index is 0.173. The molecule has 4 heterocycles. The fourth-order valence-electron chi connectivity index (χ4n) is 6.28. The first-order valence-corrected chi connectivity index (χ1v) is 13.9. The van der Waals surface area contributed by atoms with Crippen molar-refractivity contribution in [2.45, 2.75) is 64.3 Å². The van der Waals surface area contributed by atoms with Crippen LogP contribution in [0.4, 0.5) is 0 Å². The summed E-state index contributed by atoms with van der Waals surface area (Å²) in [5.41, 5.74) is 8.93. The van der Waals surface area contributed by atoms with Crippen LogP contribution in [0.15, 0.2) is 40.8 Å².